The number of rotatable bonds is 3. The van der Waals surface area contributed by atoms with Gasteiger partial charge in [0.25, 0.3) is 0 Å². The van der Waals surface area contributed by atoms with Crippen LogP contribution < -0.4 is 4.74 Å². The van der Waals surface area contributed by atoms with Crippen molar-refractivity contribution in [3.05, 3.63) is 82.5 Å². The Morgan fingerprint density at radius 2 is 1.77 bits per heavy atom. The number of ether oxygens (including phenoxy) is 1. The van der Waals surface area contributed by atoms with Gasteiger partial charge in [-0.3, -0.25) is 4.98 Å². The van der Waals surface area contributed by atoms with Gasteiger partial charge in [-0.2, -0.15) is 5.10 Å². The molecule has 3 aromatic carbocycles. The van der Waals surface area contributed by atoms with E-state index in [1.54, 1.807) is 7.11 Å². The van der Waals surface area contributed by atoms with Gasteiger partial charge in [-0.25, -0.2) is 4.68 Å². The maximum absolute atomic E-state index is 5.49. The van der Waals surface area contributed by atoms with Crippen LogP contribution in [0.15, 0.2) is 71.3 Å². The zero-order chi connectivity index (χ0) is 20.8. The molecule has 0 amide bonds. The highest BCUT2D eigenvalue weighted by Gasteiger charge is 2.18. The quantitative estimate of drug-likeness (QED) is 0.305. The first-order valence-corrected chi connectivity index (χ1v) is 10.5. The van der Waals surface area contributed by atoms with Gasteiger partial charge in [-0.05, 0) is 67.4 Å². The van der Waals surface area contributed by atoms with Crippen LogP contribution in [-0.4, -0.2) is 21.9 Å². The first-order valence-electron chi connectivity index (χ1n) is 9.74. The van der Waals surface area contributed by atoms with Crippen molar-refractivity contribution in [3.63, 3.8) is 0 Å². The molecule has 0 fully saturated rings. The van der Waals surface area contributed by atoms with E-state index < -0.39 is 0 Å². The summed E-state index contributed by atoms with van der Waals surface area (Å²) in [6, 6.07) is 20.6. The molecule has 0 N–H and O–H groups in total. The largest absolute Gasteiger partial charge is 0.497 e. The zero-order valence-corrected chi connectivity index (χ0v) is 18.6. The van der Waals surface area contributed by atoms with Crippen molar-refractivity contribution < 1.29 is 4.74 Å². The third-order valence-corrected chi connectivity index (χ3v) is 6.04. The molecule has 5 rings (SSSR count). The number of hydrogen-bond acceptors (Lipinski definition) is 3. The summed E-state index contributed by atoms with van der Waals surface area (Å²) in [5.74, 6) is 0.798. The standard InChI is InChI=1S/C25H20BrN3O/c1-15-7-8-17(11-16(15)2)24-22-14-27-23-10-9-20(30-3)13-21(23)25(22)29(28-24)19-6-4-5-18(26)12-19/h4-14H,1-3H3. The normalized spacial score (nSPS) is 11.3. The predicted molar refractivity (Wildman–Crippen MR) is 126 cm³/mol. The molecule has 0 radical (unpaired) electrons. The van der Waals surface area contributed by atoms with E-state index in [1.807, 2.05) is 41.2 Å². The molecule has 0 aliphatic rings. The molecule has 0 unspecified atom stereocenters. The molecule has 4 nitrogen and oxygen atoms in total. The minimum atomic E-state index is 0.798. The molecule has 148 valence electrons. The molecule has 2 aromatic heterocycles. The fraction of sp³-hybridized carbons (Fsp3) is 0.120. The second-order valence-corrected chi connectivity index (χ2v) is 8.36. The molecule has 2 heterocycles. The van der Waals surface area contributed by atoms with E-state index in [-0.39, 0.29) is 0 Å². The van der Waals surface area contributed by atoms with E-state index in [9.17, 15) is 0 Å². The maximum Gasteiger partial charge on any atom is 0.119 e. The van der Waals surface area contributed by atoms with Gasteiger partial charge in [-0.15, -0.1) is 0 Å². The summed E-state index contributed by atoms with van der Waals surface area (Å²) in [6.45, 7) is 4.25. The summed E-state index contributed by atoms with van der Waals surface area (Å²) >= 11 is 3.59. The van der Waals surface area contributed by atoms with Crippen LogP contribution in [0.25, 0.3) is 38.8 Å². The molecule has 5 heteroatoms. The van der Waals surface area contributed by atoms with Crippen molar-refractivity contribution in [1.29, 1.82) is 0 Å². The second kappa shape index (κ2) is 7.26. The van der Waals surface area contributed by atoms with Gasteiger partial charge in [0, 0.05) is 27.0 Å². The molecule has 0 saturated carbocycles. The molecule has 0 aliphatic carbocycles. The van der Waals surface area contributed by atoms with Crippen LogP contribution in [0, 0.1) is 13.8 Å². The Hall–Kier alpha value is -3.18. The van der Waals surface area contributed by atoms with Crippen molar-refractivity contribution >= 4 is 37.7 Å². The lowest BCUT2D eigenvalue weighted by Crippen LogP contribution is -1.97. The molecule has 0 bridgehead atoms. The number of hydrogen-bond donors (Lipinski definition) is 0. The third kappa shape index (κ3) is 3.06. The fourth-order valence-electron chi connectivity index (χ4n) is 3.79. The number of aromatic nitrogens is 3. The van der Waals surface area contributed by atoms with Gasteiger partial charge in [-0.1, -0.05) is 34.1 Å². The molecule has 0 aliphatic heterocycles. The van der Waals surface area contributed by atoms with Crippen LogP contribution in [0.2, 0.25) is 0 Å². The van der Waals surface area contributed by atoms with E-state index in [1.165, 1.54) is 11.1 Å². The van der Waals surface area contributed by atoms with Crippen molar-refractivity contribution in [2.45, 2.75) is 13.8 Å². The van der Waals surface area contributed by atoms with Crippen LogP contribution in [0.1, 0.15) is 11.1 Å². The first-order chi connectivity index (χ1) is 14.5. The van der Waals surface area contributed by atoms with Gasteiger partial charge < -0.3 is 4.74 Å². The summed E-state index contributed by atoms with van der Waals surface area (Å²) < 4.78 is 8.51. The average molecular weight is 458 g/mol. The number of aryl methyl sites for hydroxylation is 2. The highest BCUT2D eigenvalue weighted by Crippen LogP contribution is 2.35. The average Bonchev–Trinajstić information content (AvgIpc) is 3.15. The summed E-state index contributed by atoms with van der Waals surface area (Å²) in [5, 5.41) is 7.08. The Bertz CT molecular complexity index is 1420. The van der Waals surface area contributed by atoms with Crippen molar-refractivity contribution in [1.82, 2.24) is 14.8 Å². The molecule has 0 saturated heterocycles. The van der Waals surface area contributed by atoms with E-state index >= 15 is 0 Å². The number of benzene rings is 3. The molecule has 0 spiro atoms. The summed E-state index contributed by atoms with van der Waals surface area (Å²) in [6.07, 6.45) is 1.93. The second-order valence-electron chi connectivity index (χ2n) is 7.44. The van der Waals surface area contributed by atoms with E-state index in [4.69, 9.17) is 14.8 Å². The Labute approximate surface area is 183 Å². The minimum Gasteiger partial charge on any atom is -0.497 e. The maximum atomic E-state index is 5.49. The number of methoxy groups -OCH3 is 1. The predicted octanol–water partition coefficient (Wildman–Crippen LogP) is 6.63. The topological polar surface area (TPSA) is 39.9 Å². The van der Waals surface area contributed by atoms with Gasteiger partial charge >= 0.3 is 0 Å². The summed E-state index contributed by atoms with van der Waals surface area (Å²) in [4.78, 5) is 4.72. The lowest BCUT2D eigenvalue weighted by Gasteiger charge is -2.07. The molecule has 30 heavy (non-hydrogen) atoms. The van der Waals surface area contributed by atoms with Crippen LogP contribution in [-0.2, 0) is 0 Å². The number of fused-ring (bicyclic) bond motifs is 3. The van der Waals surface area contributed by atoms with Crippen LogP contribution in [0.5, 0.6) is 5.75 Å². The summed E-state index contributed by atoms with van der Waals surface area (Å²) in [5.41, 5.74) is 7.43. The van der Waals surface area contributed by atoms with Crippen molar-refractivity contribution in [3.8, 4) is 22.7 Å². The van der Waals surface area contributed by atoms with Gasteiger partial charge in [0.05, 0.1) is 23.8 Å². The Morgan fingerprint density at radius 3 is 2.53 bits per heavy atom. The Balaban J connectivity index is 1.90. The lowest BCUT2D eigenvalue weighted by molar-refractivity contribution is 0.415. The van der Waals surface area contributed by atoms with Crippen molar-refractivity contribution in [2.75, 3.05) is 7.11 Å². The third-order valence-electron chi connectivity index (χ3n) is 5.55. The van der Waals surface area contributed by atoms with Crippen LogP contribution in [0.3, 0.4) is 0 Å². The van der Waals surface area contributed by atoms with Gasteiger partial charge in [0.15, 0.2) is 0 Å². The molecular weight excluding hydrogens is 438 g/mol. The van der Waals surface area contributed by atoms with Gasteiger partial charge in [0.1, 0.15) is 11.4 Å². The van der Waals surface area contributed by atoms with Crippen LogP contribution >= 0.6 is 15.9 Å². The number of pyridine rings is 1. The molecular formula is C25H20BrN3O. The molecule has 5 aromatic rings. The highest BCUT2D eigenvalue weighted by atomic mass is 79.9. The van der Waals surface area contributed by atoms with Crippen LogP contribution in [0.4, 0.5) is 0 Å². The van der Waals surface area contributed by atoms with E-state index in [0.717, 1.165) is 49.0 Å². The number of nitrogens with zero attached hydrogens (tertiary/aromatic N) is 3. The van der Waals surface area contributed by atoms with E-state index in [0.29, 0.717) is 0 Å². The highest BCUT2D eigenvalue weighted by molar-refractivity contribution is 9.10. The molecule has 0 atom stereocenters. The Kier molecular flexibility index (Phi) is 4.55. The number of halogens is 1. The SMILES string of the molecule is COc1ccc2ncc3c(-c4ccc(C)c(C)c4)nn(-c4cccc(Br)c4)c3c2c1. The lowest BCUT2D eigenvalue weighted by atomic mass is 10.0. The Morgan fingerprint density at radius 1 is 0.900 bits per heavy atom. The summed E-state index contributed by atoms with van der Waals surface area (Å²) in [7, 11) is 1.68. The van der Waals surface area contributed by atoms with Crippen molar-refractivity contribution in [2.24, 2.45) is 0 Å². The smallest absolute Gasteiger partial charge is 0.119 e. The minimum absolute atomic E-state index is 0.798. The zero-order valence-electron chi connectivity index (χ0n) is 17.0. The first kappa shape index (κ1) is 18.8. The van der Waals surface area contributed by atoms with Gasteiger partial charge in [0.2, 0.25) is 0 Å². The van der Waals surface area contributed by atoms with E-state index in [2.05, 4.69) is 60.1 Å². The fourth-order valence-corrected chi connectivity index (χ4v) is 4.17. The monoisotopic (exact) mass is 457 g/mol.